The molecule has 1 fully saturated rings. The Labute approximate surface area is 295 Å². The van der Waals surface area contributed by atoms with Gasteiger partial charge in [0.15, 0.2) is 0 Å². The van der Waals surface area contributed by atoms with E-state index in [-0.39, 0.29) is 37.0 Å². The van der Waals surface area contributed by atoms with Crippen LogP contribution in [0.3, 0.4) is 0 Å². The molecule has 0 bridgehead atoms. The van der Waals surface area contributed by atoms with Gasteiger partial charge in [-0.05, 0) is 63.5 Å². The third-order valence-electron chi connectivity index (χ3n) is 10.2. The van der Waals surface area contributed by atoms with Crippen molar-refractivity contribution in [2.24, 2.45) is 0 Å². The number of rotatable bonds is 4. The van der Waals surface area contributed by atoms with Gasteiger partial charge in [0.25, 0.3) is 0 Å². The molecule has 3 aliphatic rings. The van der Waals surface area contributed by atoms with E-state index in [1.165, 1.54) is 91.9 Å². The largest absolute Gasteiger partial charge is 0.123 e. The van der Waals surface area contributed by atoms with Crippen LogP contribution in [0.5, 0.6) is 0 Å². The van der Waals surface area contributed by atoms with E-state index in [1.807, 2.05) is 0 Å². The first-order valence-corrected chi connectivity index (χ1v) is 17.1. The van der Waals surface area contributed by atoms with Crippen molar-refractivity contribution in [3.05, 3.63) is 157 Å². The van der Waals surface area contributed by atoms with Crippen molar-refractivity contribution in [2.45, 2.75) is 96.8 Å². The SMILES string of the molecule is CC(C)(C)c1ccc2c(c1)=[C-]c1c(C3=CC=CC3)c(C(C)(C)C)c(C3CCCCC3)c(=C(c3ccccc3)c3ccccc3)c1=2.[Zr]. The third-order valence-corrected chi connectivity index (χ3v) is 10.2. The number of hydrogen-bond donors (Lipinski definition) is 0. The van der Waals surface area contributed by atoms with E-state index in [1.54, 1.807) is 11.1 Å². The summed E-state index contributed by atoms with van der Waals surface area (Å²) in [5, 5.41) is 5.42. The van der Waals surface area contributed by atoms with Crippen molar-refractivity contribution in [2.75, 3.05) is 0 Å². The van der Waals surface area contributed by atoms with E-state index in [4.69, 9.17) is 0 Å². The molecule has 46 heavy (non-hydrogen) atoms. The summed E-state index contributed by atoms with van der Waals surface area (Å²) < 4.78 is 0. The maximum atomic E-state index is 4.09. The Kier molecular flexibility index (Phi) is 9.22. The molecule has 0 spiro atoms. The second kappa shape index (κ2) is 12.9. The molecule has 4 aromatic rings. The molecule has 3 aliphatic carbocycles. The average Bonchev–Trinajstić information content (AvgIpc) is 3.70. The number of benzene rings is 4. The first kappa shape index (κ1) is 32.9. The zero-order valence-corrected chi connectivity index (χ0v) is 31.0. The predicted molar refractivity (Wildman–Crippen MR) is 192 cm³/mol. The molecular weight excluding hydrogens is 632 g/mol. The Morgan fingerprint density at radius 2 is 1.37 bits per heavy atom. The van der Waals surface area contributed by atoms with Gasteiger partial charge in [-0.25, -0.2) is 0 Å². The van der Waals surface area contributed by atoms with Crippen LogP contribution in [-0.2, 0) is 37.0 Å². The van der Waals surface area contributed by atoms with E-state index in [2.05, 4.69) is 145 Å². The van der Waals surface area contributed by atoms with Crippen molar-refractivity contribution < 1.29 is 26.2 Å². The molecule has 0 amide bonds. The van der Waals surface area contributed by atoms with Gasteiger partial charge in [-0.3, -0.25) is 0 Å². The van der Waals surface area contributed by atoms with Crippen LogP contribution < -0.4 is 10.4 Å². The molecule has 0 aliphatic heterocycles. The molecule has 0 heterocycles. The molecule has 4 aromatic carbocycles. The number of allylic oxidation sites excluding steroid dienone is 4. The van der Waals surface area contributed by atoms with Crippen molar-refractivity contribution in [1.82, 2.24) is 0 Å². The van der Waals surface area contributed by atoms with E-state index < -0.39 is 0 Å². The monoisotopic (exact) mass is 677 g/mol. The van der Waals surface area contributed by atoms with Crippen molar-refractivity contribution in [3.8, 4) is 0 Å². The van der Waals surface area contributed by atoms with Crippen LogP contribution in [0, 0.1) is 10.4 Å². The van der Waals surface area contributed by atoms with Gasteiger partial charge in [-0.2, -0.15) is 0 Å². The van der Waals surface area contributed by atoms with Crippen LogP contribution in [0.4, 0.5) is 0 Å². The predicted octanol–water partition coefficient (Wildman–Crippen LogP) is 10.2. The van der Waals surface area contributed by atoms with Gasteiger partial charge in [0.2, 0.25) is 0 Å². The molecule has 1 saturated carbocycles. The Morgan fingerprint density at radius 3 is 1.91 bits per heavy atom. The fourth-order valence-electron chi connectivity index (χ4n) is 8.09. The standard InChI is InChI=1S/C45H47.Zr/c1-44(2,3)35-26-27-36-34(28-35)29-37-39(32-24-16-17-25-32)43(45(4,5)6)40(33-22-14-9-15-23-33)42(41(36)37)38(30-18-10-7-11-19-30)31-20-12-8-13-21-31;/h7-8,10-13,16-21,24,26-28,33H,9,14-15,22-23,25H2,1-6H3;/q-1;. The zero-order valence-electron chi connectivity index (χ0n) is 28.6. The quantitative estimate of drug-likeness (QED) is 0.166. The van der Waals surface area contributed by atoms with Gasteiger partial charge in [-0.1, -0.05) is 174 Å². The minimum atomic E-state index is -0.0408. The Bertz CT molecular complexity index is 2000. The van der Waals surface area contributed by atoms with Crippen LogP contribution in [0.1, 0.15) is 125 Å². The molecule has 0 atom stereocenters. The minimum Gasteiger partial charge on any atom is -0.123 e. The summed E-state index contributed by atoms with van der Waals surface area (Å²) in [6.45, 7) is 14.3. The second-order valence-electron chi connectivity index (χ2n) is 15.4. The normalized spacial score (nSPS) is 15.9. The molecule has 0 N–H and O–H groups in total. The van der Waals surface area contributed by atoms with Gasteiger partial charge in [0.05, 0.1) is 0 Å². The molecule has 0 nitrogen and oxygen atoms in total. The Morgan fingerprint density at radius 1 is 0.739 bits per heavy atom. The fourth-order valence-corrected chi connectivity index (χ4v) is 8.09. The molecule has 7 rings (SSSR count). The summed E-state index contributed by atoms with van der Waals surface area (Å²) in [4.78, 5) is 0. The molecule has 0 radical (unpaired) electrons. The maximum absolute atomic E-state index is 4.09. The number of fused-ring (bicyclic) bond motifs is 2. The van der Waals surface area contributed by atoms with Gasteiger partial charge >= 0.3 is 0 Å². The van der Waals surface area contributed by atoms with Crippen molar-refractivity contribution >= 4 is 17.2 Å². The van der Waals surface area contributed by atoms with E-state index in [9.17, 15) is 0 Å². The maximum Gasteiger partial charge on any atom is 0 e. The van der Waals surface area contributed by atoms with Crippen molar-refractivity contribution in [3.63, 3.8) is 0 Å². The first-order valence-electron chi connectivity index (χ1n) is 17.1. The van der Waals surface area contributed by atoms with Gasteiger partial charge in [-0.15, -0.1) is 33.4 Å². The van der Waals surface area contributed by atoms with Crippen LogP contribution in [0.2, 0.25) is 0 Å². The van der Waals surface area contributed by atoms with Gasteiger partial charge in [0, 0.05) is 26.2 Å². The summed E-state index contributed by atoms with van der Waals surface area (Å²) in [5.74, 6) is 0.530. The van der Waals surface area contributed by atoms with Crippen molar-refractivity contribution in [1.29, 1.82) is 0 Å². The Balaban J connectivity index is 0.00000372. The van der Waals surface area contributed by atoms with Crippen LogP contribution in [0.15, 0.2) is 97.1 Å². The number of hydrogen-bond acceptors (Lipinski definition) is 0. The average molecular weight is 679 g/mol. The molecule has 232 valence electrons. The molecule has 0 unspecified atom stereocenters. The van der Waals surface area contributed by atoms with Crippen LogP contribution >= 0.6 is 0 Å². The third kappa shape index (κ3) is 5.94. The first-order chi connectivity index (χ1) is 21.6. The van der Waals surface area contributed by atoms with E-state index >= 15 is 0 Å². The van der Waals surface area contributed by atoms with E-state index in [0.717, 1.165) is 6.42 Å². The summed E-state index contributed by atoms with van der Waals surface area (Å²) in [6, 6.07) is 29.6. The molecular formula is C45H47Zr-. The minimum absolute atomic E-state index is 0. The van der Waals surface area contributed by atoms with Gasteiger partial charge < -0.3 is 0 Å². The summed E-state index contributed by atoms with van der Waals surface area (Å²) >= 11 is 0. The second-order valence-corrected chi connectivity index (χ2v) is 15.4. The zero-order chi connectivity index (χ0) is 31.3. The summed E-state index contributed by atoms with van der Waals surface area (Å²) in [6.07, 6.45) is 18.5. The fraction of sp³-hybridized carbons (Fsp3) is 0.333. The Hall–Kier alpha value is -3.02. The topological polar surface area (TPSA) is 0 Å². The van der Waals surface area contributed by atoms with Crippen LogP contribution in [-0.4, -0.2) is 0 Å². The summed E-state index contributed by atoms with van der Waals surface area (Å²) in [7, 11) is 0. The molecule has 1 heteroatoms. The smallest absolute Gasteiger partial charge is 0 e. The molecule has 0 saturated heterocycles. The van der Waals surface area contributed by atoms with E-state index in [0.29, 0.717) is 5.92 Å². The summed E-state index contributed by atoms with van der Waals surface area (Å²) in [5.41, 5.74) is 12.7. The molecule has 0 aromatic heterocycles. The van der Waals surface area contributed by atoms with Crippen LogP contribution in [0.25, 0.3) is 17.2 Å². The van der Waals surface area contributed by atoms with Gasteiger partial charge in [0.1, 0.15) is 0 Å².